The first-order valence-corrected chi connectivity index (χ1v) is 9.19. The molecule has 11 heteroatoms. The van der Waals surface area contributed by atoms with Gasteiger partial charge in [0, 0.05) is 5.69 Å². The van der Waals surface area contributed by atoms with Crippen molar-refractivity contribution >= 4 is 35.0 Å². The lowest BCUT2D eigenvalue weighted by Crippen LogP contribution is -2.23. The van der Waals surface area contributed by atoms with Crippen molar-refractivity contribution in [3.05, 3.63) is 59.1 Å². The van der Waals surface area contributed by atoms with E-state index in [2.05, 4.69) is 20.8 Å². The predicted octanol–water partition coefficient (Wildman–Crippen LogP) is 4.45. The molecule has 1 unspecified atom stereocenters. The van der Waals surface area contributed by atoms with Gasteiger partial charge in [-0.05, 0) is 47.7 Å². The van der Waals surface area contributed by atoms with Crippen molar-refractivity contribution < 1.29 is 18.0 Å². The molecule has 6 nitrogen and oxygen atoms in total. The Morgan fingerprint density at radius 3 is 2.61 bits per heavy atom. The maximum absolute atomic E-state index is 13.0. The number of aromatic nitrogens is 4. The van der Waals surface area contributed by atoms with Crippen LogP contribution < -0.4 is 5.32 Å². The molecule has 28 heavy (non-hydrogen) atoms. The van der Waals surface area contributed by atoms with Gasteiger partial charge in [0.15, 0.2) is 0 Å². The first-order chi connectivity index (χ1) is 13.3. The van der Waals surface area contributed by atoms with Crippen LogP contribution in [0.15, 0.2) is 53.7 Å². The highest BCUT2D eigenvalue weighted by atomic mass is 35.5. The number of nitrogens with zero attached hydrogens (tertiary/aromatic N) is 4. The van der Waals surface area contributed by atoms with Gasteiger partial charge in [-0.1, -0.05) is 41.6 Å². The topological polar surface area (TPSA) is 72.7 Å². The fourth-order valence-electron chi connectivity index (χ4n) is 2.26. The minimum absolute atomic E-state index is 0.00294. The van der Waals surface area contributed by atoms with E-state index in [4.69, 9.17) is 11.6 Å². The third kappa shape index (κ3) is 4.63. The molecule has 3 aromatic rings. The Kier molecular flexibility index (Phi) is 5.90. The van der Waals surface area contributed by atoms with Gasteiger partial charge < -0.3 is 5.32 Å². The molecule has 3 rings (SSSR count). The summed E-state index contributed by atoms with van der Waals surface area (Å²) in [7, 11) is 0. The molecule has 1 amide bonds. The second-order valence-corrected chi connectivity index (χ2v) is 7.37. The highest BCUT2D eigenvalue weighted by Gasteiger charge is 2.33. The van der Waals surface area contributed by atoms with Crippen molar-refractivity contribution in [2.45, 2.75) is 23.5 Å². The first kappa shape index (κ1) is 20.2. The summed E-state index contributed by atoms with van der Waals surface area (Å²) in [6.45, 7) is 1.60. The van der Waals surface area contributed by atoms with E-state index in [1.54, 1.807) is 19.1 Å². The van der Waals surface area contributed by atoms with Gasteiger partial charge in [0.1, 0.15) is 0 Å². The van der Waals surface area contributed by atoms with Gasteiger partial charge in [0.25, 0.3) is 0 Å². The smallest absolute Gasteiger partial charge is 0.325 e. The average Bonchev–Trinajstić information content (AvgIpc) is 3.11. The molecule has 0 aliphatic carbocycles. The van der Waals surface area contributed by atoms with E-state index in [0.717, 1.165) is 29.6 Å². The van der Waals surface area contributed by atoms with Gasteiger partial charge in [-0.2, -0.15) is 17.9 Å². The fraction of sp³-hybridized carbons (Fsp3) is 0.176. The van der Waals surface area contributed by atoms with Crippen LogP contribution in [0.2, 0.25) is 5.02 Å². The summed E-state index contributed by atoms with van der Waals surface area (Å²) in [6, 6.07) is 12.3. The highest BCUT2D eigenvalue weighted by Crippen LogP contribution is 2.36. The molecule has 0 radical (unpaired) electrons. The maximum Gasteiger partial charge on any atom is 0.417 e. The molecule has 0 aliphatic rings. The maximum atomic E-state index is 13.0. The standard InChI is InChI=1S/C17H13ClF3N5OS/c1-10(28-16-23-24-25-26(16)12-5-3-2-4-6-12)15(27)22-11-7-8-14(18)13(9-11)17(19,20)21/h2-10H,1H3,(H,22,27). The summed E-state index contributed by atoms with van der Waals surface area (Å²) >= 11 is 6.67. The van der Waals surface area contributed by atoms with E-state index >= 15 is 0 Å². The van der Waals surface area contributed by atoms with E-state index in [1.165, 1.54) is 10.7 Å². The number of amides is 1. The number of rotatable bonds is 5. The minimum Gasteiger partial charge on any atom is -0.325 e. The normalized spacial score (nSPS) is 12.6. The summed E-state index contributed by atoms with van der Waals surface area (Å²) in [5.74, 6) is -0.497. The number of benzene rings is 2. The SMILES string of the molecule is CC(Sc1nnnn1-c1ccccc1)C(=O)Nc1ccc(Cl)c(C(F)(F)F)c1. The molecule has 1 aromatic heterocycles. The van der Waals surface area contributed by atoms with Crippen molar-refractivity contribution in [3.8, 4) is 5.69 Å². The lowest BCUT2D eigenvalue weighted by molar-refractivity contribution is -0.137. The Balaban J connectivity index is 1.72. The lowest BCUT2D eigenvalue weighted by atomic mass is 10.2. The van der Waals surface area contributed by atoms with Crippen molar-refractivity contribution in [3.63, 3.8) is 0 Å². The van der Waals surface area contributed by atoms with Crippen molar-refractivity contribution in [1.82, 2.24) is 20.2 Å². The Labute approximate surface area is 167 Å². The molecule has 2 aromatic carbocycles. The molecular formula is C17H13ClF3N5OS. The molecule has 1 heterocycles. The van der Waals surface area contributed by atoms with Crippen LogP contribution in [-0.2, 0) is 11.0 Å². The van der Waals surface area contributed by atoms with Crippen LogP contribution in [-0.4, -0.2) is 31.4 Å². The number of anilines is 1. The number of thioether (sulfide) groups is 1. The zero-order chi connectivity index (χ0) is 20.3. The molecule has 0 spiro atoms. The van der Waals surface area contributed by atoms with E-state index in [-0.39, 0.29) is 5.69 Å². The zero-order valence-corrected chi connectivity index (χ0v) is 15.9. The molecule has 0 fully saturated rings. The van der Waals surface area contributed by atoms with E-state index in [1.807, 2.05) is 18.2 Å². The number of hydrogen-bond acceptors (Lipinski definition) is 5. The molecule has 1 atom stereocenters. The summed E-state index contributed by atoms with van der Waals surface area (Å²) < 4.78 is 40.3. The monoisotopic (exact) mass is 427 g/mol. The van der Waals surface area contributed by atoms with E-state index in [0.29, 0.717) is 5.16 Å². The van der Waals surface area contributed by atoms with Crippen molar-refractivity contribution in [2.75, 3.05) is 5.32 Å². The zero-order valence-electron chi connectivity index (χ0n) is 14.3. The van der Waals surface area contributed by atoms with Gasteiger partial charge in [-0.3, -0.25) is 4.79 Å². The average molecular weight is 428 g/mol. The molecular weight excluding hydrogens is 415 g/mol. The predicted molar refractivity (Wildman–Crippen MR) is 99.6 cm³/mol. The Bertz CT molecular complexity index is 980. The van der Waals surface area contributed by atoms with Crippen LogP contribution in [0.3, 0.4) is 0 Å². The summed E-state index contributed by atoms with van der Waals surface area (Å²) in [4.78, 5) is 12.4. The first-order valence-electron chi connectivity index (χ1n) is 7.94. The molecule has 0 bridgehead atoms. The molecule has 0 saturated heterocycles. The van der Waals surface area contributed by atoms with E-state index in [9.17, 15) is 18.0 Å². The van der Waals surface area contributed by atoms with Crippen LogP contribution in [0.25, 0.3) is 5.69 Å². The highest BCUT2D eigenvalue weighted by molar-refractivity contribution is 8.00. The minimum atomic E-state index is -4.62. The summed E-state index contributed by atoms with van der Waals surface area (Å²) in [5, 5.41) is 13.1. The largest absolute Gasteiger partial charge is 0.417 e. The molecule has 1 N–H and O–H groups in total. The second-order valence-electron chi connectivity index (χ2n) is 5.65. The Morgan fingerprint density at radius 1 is 1.21 bits per heavy atom. The fourth-order valence-corrected chi connectivity index (χ4v) is 3.29. The van der Waals surface area contributed by atoms with Crippen LogP contribution in [0.1, 0.15) is 12.5 Å². The Hall–Kier alpha value is -2.59. The van der Waals surface area contributed by atoms with Crippen molar-refractivity contribution in [1.29, 1.82) is 0 Å². The molecule has 146 valence electrons. The lowest BCUT2D eigenvalue weighted by Gasteiger charge is -2.14. The number of nitrogens with one attached hydrogen (secondary N) is 1. The van der Waals surface area contributed by atoms with Crippen LogP contribution in [0, 0.1) is 0 Å². The number of carbonyl (C=O) groups excluding carboxylic acids is 1. The Morgan fingerprint density at radius 2 is 1.93 bits per heavy atom. The van der Waals surface area contributed by atoms with Gasteiger partial charge in [-0.15, -0.1) is 5.10 Å². The number of alkyl halides is 3. The van der Waals surface area contributed by atoms with Gasteiger partial charge in [0.05, 0.1) is 21.5 Å². The van der Waals surface area contributed by atoms with Gasteiger partial charge in [-0.25, -0.2) is 0 Å². The number of halogens is 4. The van der Waals surface area contributed by atoms with Crippen molar-refractivity contribution in [2.24, 2.45) is 0 Å². The molecule has 0 aliphatic heterocycles. The third-order valence-electron chi connectivity index (χ3n) is 3.63. The third-order valence-corrected chi connectivity index (χ3v) is 4.99. The number of hydrogen-bond donors (Lipinski definition) is 1. The number of carbonyl (C=O) groups is 1. The summed E-state index contributed by atoms with van der Waals surface area (Å²) in [6.07, 6.45) is -4.62. The quantitative estimate of drug-likeness (QED) is 0.609. The molecule has 0 saturated carbocycles. The van der Waals surface area contributed by atoms with Crippen LogP contribution in [0.5, 0.6) is 0 Å². The van der Waals surface area contributed by atoms with E-state index < -0.39 is 27.9 Å². The number of para-hydroxylation sites is 1. The van der Waals surface area contributed by atoms with Gasteiger partial charge in [0.2, 0.25) is 11.1 Å². The second kappa shape index (κ2) is 8.19. The number of tetrazole rings is 1. The van der Waals surface area contributed by atoms with Crippen LogP contribution >= 0.6 is 23.4 Å². The van der Waals surface area contributed by atoms with Crippen LogP contribution in [0.4, 0.5) is 18.9 Å². The van der Waals surface area contributed by atoms with Gasteiger partial charge >= 0.3 is 6.18 Å². The summed E-state index contributed by atoms with van der Waals surface area (Å²) in [5.41, 5.74) is -0.299.